The number of nitrogens with one attached hydrogen (secondary N) is 1. The van der Waals surface area contributed by atoms with Crippen LogP contribution in [-0.4, -0.2) is 76.7 Å². The number of benzene rings is 2. The third-order valence-corrected chi connectivity index (χ3v) is 6.63. The van der Waals surface area contributed by atoms with Gasteiger partial charge in [0.15, 0.2) is 0 Å². The van der Waals surface area contributed by atoms with Gasteiger partial charge in [-0.1, -0.05) is 11.6 Å². The standard InChI is InChI=1S/C25H31ClN2O6/c1-16(14-29)27-24(32)21-4-3-19(30)11-23(21)33-15-20(31)13-28-8-6-25(7-9-28)12-17-10-18(26)2-5-22(17)34-25/h2-5,10-11,16,20,29-31H,6-9,12-15H2,1H3,(H,27,32)/t16?,20-/m1/s1. The Balaban J connectivity index is 1.28. The van der Waals surface area contributed by atoms with Gasteiger partial charge in [-0.25, -0.2) is 0 Å². The molecule has 0 saturated carbocycles. The highest BCUT2D eigenvalue weighted by Crippen LogP contribution is 2.42. The Bertz CT molecular complexity index is 1020. The Morgan fingerprint density at radius 3 is 2.76 bits per heavy atom. The van der Waals surface area contributed by atoms with Crippen molar-refractivity contribution in [1.82, 2.24) is 10.2 Å². The maximum Gasteiger partial charge on any atom is 0.255 e. The molecule has 9 heteroatoms. The summed E-state index contributed by atoms with van der Waals surface area (Å²) in [4.78, 5) is 14.6. The van der Waals surface area contributed by atoms with Gasteiger partial charge in [-0.05, 0) is 42.8 Å². The van der Waals surface area contributed by atoms with Crippen molar-refractivity contribution in [2.45, 2.75) is 43.9 Å². The third kappa shape index (κ3) is 5.75. The number of halogens is 1. The van der Waals surface area contributed by atoms with Gasteiger partial charge in [-0.15, -0.1) is 0 Å². The molecule has 2 atom stereocenters. The first-order chi connectivity index (χ1) is 16.3. The van der Waals surface area contributed by atoms with Crippen LogP contribution in [0.4, 0.5) is 0 Å². The van der Waals surface area contributed by atoms with Crippen LogP contribution in [0.1, 0.15) is 35.7 Å². The fourth-order valence-corrected chi connectivity index (χ4v) is 4.72. The van der Waals surface area contributed by atoms with E-state index in [4.69, 9.17) is 26.2 Å². The lowest BCUT2D eigenvalue weighted by Gasteiger charge is -2.39. The molecule has 34 heavy (non-hydrogen) atoms. The van der Waals surface area contributed by atoms with Gasteiger partial charge in [0.1, 0.15) is 35.6 Å². The number of piperidine rings is 1. The summed E-state index contributed by atoms with van der Waals surface area (Å²) in [5, 5.41) is 32.9. The van der Waals surface area contributed by atoms with Gasteiger partial charge in [-0.3, -0.25) is 4.79 Å². The van der Waals surface area contributed by atoms with Crippen LogP contribution in [0, 0.1) is 0 Å². The monoisotopic (exact) mass is 490 g/mol. The predicted octanol–water partition coefficient (Wildman–Crippen LogP) is 2.37. The zero-order chi connectivity index (χ0) is 24.3. The lowest BCUT2D eigenvalue weighted by Crippen LogP contribution is -2.49. The maximum atomic E-state index is 12.5. The number of amides is 1. The molecule has 2 aromatic rings. The van der Waals surface area contributed by atoms with Crippen LogP contribution in [-0.2, 0) is 6.42 Å². The number of aromatic hydroxyl groups is 1. The van der Waals surface area contributed by atoms with Gasteiger partial charge in [-0.2, -0.15) is 0 Å². The normalized spacial score (nSPS) is 18.7. The van der Waals surface area contributed by atoms with E-state index in [0.717, 1.165) is 48.7 Å². The highest BCUT2D eigenvalue weighted by Gasteiger charge is 2.42. The van der Waals surface area contributed by atoms with Gasteiger partial charge in [0.2, 0.25) is 0 Å². The first kappa shape index (κ1) is 24.6. The Morgan fingerprint density at radius 2 is 2.03 bits per heavy atom. The number of carbonyl (C=O) groups excluding carboxylic acids is 1. The van der Waals surface area contributed by atoms with Crippen LogP contribution in [0.15, 0.2) is 36.4 Å². The molecular formula is C25H31ClN2O6. The summed E-state index contributed by atoms with van der Waals surface area (Å²) in [5.74, 6) is 0.614. The van der Waals surface area contributed by atoms with Gasteiger partial charge >= 0.3 is 0 Å². The molecule has 1 unspecified atom stereocenters. The molecule has 0 aromatic heterocycles. The molecule has 1 spiro atoms. The number of hydrogen-bond acceptors (Lipinski definition) is 7. The van der Waals surface area contributed by atoms with Crippen molar-refractivity contribution in [3.05, 3.63) is 52.5 Å². The molecule has 2 heterocycles. The van der Waals surface area contributed by atoms with Crippen molar-refractivity contribution in [2.75, 3.05) is 32.8 Å². The summed E-state index contributed by atoms with van der Waals surface area (Å²) in [7, 11) is 0. The first-order valence-electron chi connectivity index (χ1n) is 11.5. The number of phenolic OH excluding ortho intramolecular Hbond substituents is 1. The van der Waals surface area contributed by atoms with E-state index in [1.165, 1.54) is 18.2 Å². The minimum Gasteiger partial charge on any atom is -0.508 e. The number of ether oxygens (including phenoxy) is 2. The van der Waals surface area contributed by atoms with Gasteiger partial charge in [0.05, 0.1) is 12.2 Å². The molecule has 1 fully saturated rings. The lowest BCUT2D eigenvalue weighted by molar-refractivity contribution is -0.00201. The van der Waals surface area contributed by atoms with Crippen molar-refractivity contribution >= 4 is 17.5 Å². The van der Waals surface area contributed by atoms with E-state index in [1.54, 1.807) is 6.92 Å². The molecule has 1 amide bonds. The highest BCUT2D eigenvalue weighted by molar-refractivity contribution is 6.30. The number of phenols is 1. The number of carbonyl (C=O) groups is 1. The largest absolute Gasteiger partial charge is 0.508 e. The number of likely N-dealkylation sites (tertiary alicyclic amines) is 1. The number of β-amino-alcohol motifs (C(OH)–C–C–N with tert-alkyl or cyclic N) is 1. The minimum absolute atomic E-state index is 0.0264. The van der Waals surface area contributed by atoms with E-state index in [9.17, 15) is 15.0 Å². The van der Waals surface area contributed by atoms with E-state index in [-0.39, 0.29) is 35.9 Å². The second-order valence-corrected chi connectivity index (χ2v) is 9.65. The van der Waals surface area contributed by atoms with Crippen molar-refractivity contribution in [2.24, 2.45) is 0 Å². The second-order valence-electron chi connectivity index (χ2n) is 9.22. The van der Waals surface area contributed by atoms with Crippen LogP contribution in [0.25, 0.3) is 0 Å². The highest BCUT2D eigenvalue weighted by atomic mass is 35.5. The summed E-state index contributed by atoms with van der Waals surface area (Å²) >= 11 is 6.12. The topological polar surface area (TPSA) is 111 Å². The molecule has 0 radical (unpaired) electrons. The number of nitrogens with zero attached hydrogens (tertiary/aromatic N) is 1. The zero-order valence-electron chi connectivity index (χ0n) is 19.2. The Kier molecular flexibility index (Phi) is 7.52. The summed E-state index contributed by atoms with van der Waals surface area (Å²) < 4.78 is 12.0. The number of hydrogen-bond donors (Lipinski definition) is 4. The van der Waals surface area contributed by atoms with E-state index < -0.39 is 18.1 Å². The molecule has 2 aliphatic heterocycles. The minimum atomic E-state index is -0.774. The van der Waals surface area contributed by atoms with Crippen molar-refractivity contribution < 1.29 is 29.6 Å². The number of aliphatic hydroxyl groups excluding tert-OH is 2. The molecule has 0 bridgehead atoms. The van der Waals surface area contributed by atoms with Crippen LogP contribution in [0.3, 0.4) is 0 Å². The fraction of sp³-hybridized carbons (Fsp3) is 0.480. The van der Waals surface area contributed by atoms with Crippen LogP contribution >= 0.6 is 11.6 Å². The molecule has 184 valence electrons. The SMILES string of the molecule is CC(CO)NC(=O)c1ccc(O)cc1OC[C@H](O)CN1CCC2(CC1)Cc1cc(Cl)ccc1O2. The zero-order valence-corrected chi connectivity index (χ0v) is 19.9. The quantitative estimate of drug-likeness (QED) is 0.449. The van der Waals surface area contributed by atoms with Gasteiger partial charge in [0, 0.05) is 56.0 Å². The smallest absolute Gasteiger partial charge is 0.255 e. The van der Waals surface area contributed by atoms with E-state index in [1.807, 2.05) is 18.2 Å². The average Bonchev–Trinajstić information content (AvgIpc) is 3.16. The van der Waals surface area contributed by atoms with Crippen molar-refractivity contribution in [1.29, 1.82) is 0 Å². The van der Waals surface area contributed by atoms with Gasteiger partial charge < -0.3 is 35.0 Å². The fourth-order valence-electron chi connectivity index (χ4n) is 4.53. The third-order valence-electron chi connectivity index (χ3n) is 6.39. The average molecular weight is 491 g/mol. The number of rotatable bonds is 8. The molecule has 0 aliphatic carbocycles. The second kappa shape index (κ2) is 10.4. The molecule has 4 rings (SSSR count). The maximum absolute atomic E-state index is 12.5. The van der Waals surface area contributed by atoms with Gasteiger partial charge in [0.25, 0.3) is 5.91 Å². The molecule has 2 aliphatic rings. The Morgan fingerprint density at radius 1 is 1.26 bits per heavy atom. The van der Waals surface area contributed by atoms with Crippen LogP contribution in [0.5, 0.6) is 17.2 Å². The number of aliphatic hydroxyl groups is 2. The molecule has 4 N–H and O–H groups in total. The number of fused-ring (bicyclic) bond motifs is 1. The van der Waals surface area contributed by atoms with E-state index in [0.29, 0.717) is 6.54 Å². The molecule has 2 aromatic carbocycles. The van der Waals surface area contributed by atoms with Crippen molar-refractivity contribution in [3.8, 4) is 17.2 Å². The Labute approximate surface area is 204 Å². The molecule has 8 nitrogen and oxygen atoms in total. The summed E-state index contributed by atoms with van der Waals surface area (Å²) in [5.41, 5.74) is 1.16. The summed E-state index contributed by atoms with van der Waals surface area (Å²) in [6.07, 6.45) is 1.78. The van der Waals surface area contributed by atoms with Crippen LogP contribution < -0.4 is 14.8 Å². The van der Waals surface area contributed by atoms with Crippen LogP contribution in [0.2, 0.25) is 5.02 Å². The van der Waals surface area contributed by atoms with E-state index in [2.05, 4.69) is 10.2 Å². The summed E-state index contributed by atoms with van der Waals surface area (Å²) in [6, 6.07) is 9.52. The first-order valence-corrected chi connectivity index (χ1v) is 11.9. The summed E-state index contributed by atoms with van der Waals surface area (Å²) in [6.45, 7) is 3.46. The predicted molar refractivity (Wildman–Crippen MR) is 128 cm³/mol. The van der Waals surface area contributed by atoms with Crippen molar-refractivity contribution in [3.63, 3.8) is 0 Å². The lowest BCUT2D eigenvalue weighted by atomic mass is 9.87. The van der Waals surface area contributed by atoms with E-state index >= 15 is 0 Å². The Hall–Kier alpha value is -2.52. The molecular weight excluding hydrogens is 460 g/mol. The molecule has 1 saturated heterocycles.